The van der Waals surface area contributed by atoms with Crippen molar-refractivity contribution < 1.29 is 14.0 Å². The van der Waals surface area contributed by atoms with Gasteiger partial charge in [0.1, 0.15) is 12.4 Å². The Morgan fingerprint density at radius 3 is 2.37 bits per heavy atom. The van der Waals surface area contributed by atoms with E-state index in [1.54, 1.807) is 11.0 Å². The lowest BCUT2D eigenvalue weighted by molar-refractivity contribution is -0.132. The van der Waals surface area contributed by atoms with E-state index in [0.717, 1.165) is 27.7 Å². The van der Waals surface area contributed by atoms with Gasteiger partial charge in [0.25, 0.3) is 5.91 Å². The molecule has 0 saturated carbocycles. The van der Waals surface area contributed by atoms with Crippen LogP contribution in [0.2, 0.25) is 0 Å². The van der Waals surface area contributed by atoms with Gasteiger partial charge in [-0.05, 0) is 67.8 Å². The van der Waals surface area contributed by atoms with Crippen LogP contribution in [0, 0.1) is 5.82 Å². The van der Waals surface area contributed by atoms with E-state index in [2.05, 4.69) is 11.1 Å². The molecule has 0 radical (unpaired) electrons. The maximum absolute atomic E-state index is 13.8. The fraction of sp³-hybridized carbons (Fsp3) is 0.290. The number of hydrogen-bond donors (Lipinski definition) is 1. The summed E-state index contributed by atoms with van der Waals surface area (Å²) in [7, 11) is 3.98. The number of carbonyl (C=O) groups is 2. The number of aromatic nitrogens is 1. The van der Waals surface area contributed by atoms with Gasteiger partial charge >= 0.3 is 0 Å². The minimum absolute atomic E-state index is 0.0866. The highest BCUT2D eigenvalue weighted by atomic mass is 19.1. The zero-order chi connectivity index (χ0) is 27.2. The Hall–Kier alpha value is -4.13. The van der Waals surface area contributed by atoms with Gasteiger partial charge in [-0.1, -0.05) is 36.4 Å². The van der Waals surface area contributed by atoms with E-state index < -0.39 is 5.82 Å². The van der Waals surface area contributed by atoms with Crippen LogP contribution < -0.4 is 4.90 Å². The van der Waals surface area contributed by atoms with Crippen LogP contribution in [0.5, 0.6) is 0 Å². The van der Waals surface area contributed by atoms with Crippen LogP contribution in [0.15, 0.2) is 79.0 Å². The SMILES string of the molecule is CC(C)N(CC(=O)N(CCc1c[nH]c2ccccc12)Cc1ccc(N(C)C)cc1)C(=O)c1cccc(F)c1. The number of H-pyrrole nitrogens is 1. The predicted octanol–water partition coefficient (Wildman–Crippen LogP) is 5.50. The number of anilines is 1. The monoisotopic (exact) mass is 514 g/mol. The highest BCUT2D eigenvalue weighted by Crippen LogP contribution is 2.20. The van der Waals surface area contributed by atoms with Gasteiger partial charge in [-0.2, -0.15) is 0 Å². The van der Waals surface area contributed by atoms with Gasteiger partial charge < -0.3 is 19.7 Å². The first kappa shape index (κ1) is 26.9. The fourth-order valence-electron chi connectivity index (χ4n) is 4.53. The lowest BCUT2D eigenvalue weighted by Crippen LogP contribution is -2.46. The minimum atomic E-state index is -0.479. The molecule has 6 nitrogen and oxygen atoms in total. The quantitative estimate of drug-likeness (QED) is 0.304. The largest absolute Gasteiger partial charge is 0.378 e. The molecule has 1 aromatic heterocycles. The molecular formula is C31H35FN4O2. The van der Waals surface area contributed by atoms with Crippen molar-refractivity contribution in [2.24, 2.45) is 0 Å². The standard InChI is InChI=1S/C31H35FN4O2/c1-22(2)36(31(38)24-8-7-9-26(32)18-24)21-30(37)35(20-23-12-14-27(15-13-23)34(3)4)17-16-25-19-33-29-11-6-5-10-28(25)29/h5-15,18-19,22,33H,16-17,20-21H2,1-4H3. The molecule has 3 aromatic carbocycles. The summed E-state index contributed by atoms with van der Waals surface area (Å²) in [5.41, 5.74) is 4.52. The third-order valence-corrected chi connectivity index (χ3v) is 6.77. The molecular weight excluding hydrogens is 479 g/mol. The molecule has 2 amide bonds. The first-order chi connectivity index (χ1) is 18.2. The molecule has 38 heavy (non-hydrogen) atoms. The van der Waals surface area contributed by atoms with Gasteiger partial charge in [0, 0.05) is 61.6 Å². The van der Waals surface area contributed by atoms with Crippen LogP contribution in [0.3, 0.4) is 0 Å². The summed E-state index contributed by atoms with van der Waals surface area (Å²) in [4.78, 5) is 35.6. The van der Waals surface area contributed by atoms with Crippen LogP contribution in [0.4, 0.5) is 10.1 Å². The number of carbonyl (C=O) groups excluding carboxylic acids is 2. The first-order valence-corrected chi connectivity index (χ1v) is 12.9. The van der Waals surface area contributed by atoms with Crippen LogP contribution in [0.25, 0.3) is 10.9 Å². The lowest BCUT2D eigenvalue weighted by atomic mass is 10.1. The lowest BCUT2D eigenvalue weighted by Gasteiger charge is -2.30. The Labute approximate surface area is 223 Å². The molecule has 1 N–H and O–H groups in total. The molecule has 0 aliphatic carbocycles. The number of amides is 2. The van der Waals surface area contributed by atoms with Crippen LogP contribution in [-0.4, -0.2) is 59.8 Å². The Morgan fingerprint density at radius 2 is 1.68 bits per heavy atom. The second kappa shape index (κ2) is 11.9. The summed E-state index contributed by atoms with van der Waals surface area (Å²) in [6.07, 6.45) is 2.66. The maximum Gasteiger partial charge on any atom is 0.254 e. The van der Waals surface area contributed by atoms with E-state index in [9.17, 15) is 14.0 Å². The highest BCUT2D eigenvalue weighted by molar-refractivity contribution is 5.96. The number of fused-ring (bicyclic) bond motifs is 1. The summed E-state index contributed by atoms with van der Waals surface area (Å²) >= 11 is 0. The zero-order valence-electron chi connectivity index (χ0n) is 22.4. The Kier molecular flexibility index (Phi) is 8.46. The normalized spacial score (nSPS) is 11.1. The van der Waals surface area contributed by atoms with Gasteiger partial charge in [-0.3, -0.25) is 9.59 Å². The van der Waals surface area contributed by atoms with E-state index in [0.29, 0.717) is 19.5 Å². The number of aromatic amines is 1. The average Bonchev–Trinajstić information content (AvgIpc) is 3.32. The number of nitrogens with one attached hydrogen (secondary N) is 1. The van der Waals surface area contributed by atoms with Crippen molar-refractivity contribution in [1.29, 1.82) is 0 Å². The summed E-state index contributed by atoms with van der Waals surface area (Å²) in [6, 6.07) is 21.6. The highest BCUT2D eigenvalue weighted by Gasteiger charge is 2.25. The topological polar surface area (TPSA) is 59.7 Å². The summed E-state index contributed by atoms with van der Waals surface area (Å²) in [5.74, 6) is -0.993. The molecule has 0 spiro atoms. The predicted molar refractivity (Wildman–Crippen MR) is 151 cm³/mol. The van der Waals surface area contributed by atoms with Gasteiger partial charge in [0.05, 0.1) is 0 Å². The summed E-state index contributed by atoms with van der Waals surface area (Å²) in [5, 5.41) is 1.14. The van der Waals surface area contributed by atoms with Crippen molar-refractivity contribution in [2.45, 2.75) is 32.9 Å². The van der Waals surface area contributed by atoms with Crippen LogP contribution >= 0.6 is 0 Å². The third kappa shape index (κ3) is 6.40. The van der Waals surface area contributed by atoms with E-state index in [1.165, 1.54) is 23.1 Å². The molecule has 198 valence electrons. The molecule has 0 saturated heterocycles. The molecule has 1 heterocycles. The summed E-state index contributed by atoms with van der Waals surface area (Å²) < 4.78 is 13.8. The van der Waals surface area contributed by atoms with Gasteiger partial charge in [-0.25, -0.2) is 4.39 Å². The number of nitrogens with zero attached hydrogens (tertiary/aromatic N) is 3. The van der Waals surface area contributed by atoms with Crippen LogP contribution in [0.1, 0.15) is 35.3 Å². The number of hydrogen-bond acceptors (Lipinski definition) is 3. The molecule has 0 bridgehead atoms. The number of para-hydroxylation sites is 1. The summed E-state index contributed by atoms with van der Waals surface area (Å²) in [6.45, 7) is 4.56. The Balaban J connectivity index is 1.56. The number of halogens is 1. The molecule has 0 aliphatic rings. The van der Waals surface area contributed by atoms with E-state index in [1.807, 2.05) is 81.5 Å². The van der Waals surface area contributed by atoms with Crippen molar-refractivity contribution in [2.75, 3.05) is 32.1 Å². The van der Waals surface area contributed by atoms with Crippen molar-refractivity contribution in [3.8, 4) is 0 Å². The molecule has 4 aromatic rings. The molecule has 0 fully saturated rings. The van der Waals surface area contributed by atoms with Gasteiger partial charge in [0.2, 0.25) is 5.91 Å². The van der Waals surface area contributed by atoms with Gasteiger partial charge in [-0.15, -0.1) is 0 Å². The second-order valence-corrected chi connectivity index (χ2v) is 10.0. The second-order valence-electron chi connectivity index (χ2n) is 10.0. The molecule has 0 unspecified atom stereocenters. The zero-order valence-corrected chi connectivity index (χ0v) is 22.4. The Morgan fingerprint density at radius 1 is 0.947 bits per heavy atom. The maximum atomic E-state index is 13.8. The minimum Gasteiger partial charge on any atom is -0.378 e. The van der Waals surface area contributed by atoms with Crippen molar-refractivity contribution >= 4 is 28.4 Å². The smallest absolute Gasteiger partial charge is 0.254 e. The van der Waals surface area contributed by atoms with Crippen molar-refractivity contribution in [3.63, 3.8) is 0 Å². The molecule has 0 atom stereocenters. The van der Waals surface area contributed by atoms with Crippen molar-refractivity contribution in [1.82, 2.24) is 14.8 Å². The van der Waals surface area contributed by atoms with Crippen LogP contribution in [-0.2, 0) is 17.8 Å². The van der Waals surface area contributed by atoms with E-state index in [-0.39, 0.29) is 30.0 Å². The molecule has 7 heteroatoms. The van der Waals surface area contributed by atoms with E-state index >= 15 is 0 Å². The molecule has 0 aliphatic heterocycles. The first-order valence-electron chi connectivity index (χ1n) is 12.9. The average molecular weight is 515 g/mol. The Bertz CT molecular complexity index is 1390. The fourth-order valence-corrected chi connectivity index (χ4v) is 4.53. The molecule has 4 rings (SSSR count). The van der Waals surface area contributed by atoms with Gasteiger partial charge in [0.15, 0.2) is 0 Å². The van der Waals surface area contributed by atoms with Crippen molar-refractivity contribution in [3.05, 3.63) is 102 Å². The van der Waals surface area contributed by atoms with E-state index in [4.69, 9.17) is 0 Å². The third-order valence-electron chi connectivity index (χ3n) is 6.77. The number of rotatable bonds is 10. The number of benzene rings is 3.